The molecule has 2 heterocycles. The molecule has 3 amide bonds. The lowest BCUT2D eigenvalue weighted by molar-refractivity contribution is -0.126. The minimum Gasteiger partial charge on any atom is -0.492 e. The topological polar surface area (TPSA) is 101 Å². The van der Waals surface area contributed by atoms with E-state index in [4.69, 9.17) is 4.74 Å². The second-order valence-corrected chi connectivity index (χ2v) is 5.96. The van der Waals surface area contributed by atoms with Crippen LogP contribution in [0.1, 0.15) is 23.8 Å². The van der Waals surface area contributed by atoms with E-state index in [1.165, 1.54) is 17.2 Å². The Labute approximate surface area is 156 Å². The number of hydrazine groups is 1. The molecule has 1 fully saturated rings. The van der Waals surface area contributed by atoms with Crippen molar-refractivity contribution in [2.24, 2.45) is 5.92 Å². The molecule has 3 rings (SSSR count). The van der Waals surface area contributed by atoms with Crippen molar-refractivity contribution in [3.05, 3.63) is 54.4 Å². The average Bonchev–Trinajstić information content (AvgIpc) is 3.09. The molecule has 1 aromatic carbocycles. The Hall–Kier alpha value is -3.42. The van der Waals surface area contributed by atoms with Crippen LogP contribution < -0.4 is 20.5 Å². The first-order chi connectivity index (χ1) is 13.1. The number of ether oxygens (including phenoxy) is 1. The highest BCUT2D eigenvalue weighted by Gasteiger charge is 2.36. The predicted molar refractivity (Wildman–Crippen MR) is 97.9 cm³/mol. The van der Waals surface area contributed by atoms with Gasteiger partial charge in [-0.2, -0.15) is 0 Å². The third-order valence-electron chi connectivity index (χ3n) is 4.15. The summed E-state index contributed by atoms with van der Waals surface area (Å²) >= 11 is 0. The number of rotatable bonds is 5. The lowest BCUT2D eigenvalue weighted by Crippen LogP contribution is -2.45. The Morgan fingerprint density at radius 2 is 1.96 bits per heavy atom. The van der Waals surface area contributed by atoms with Crippen molar-refractivity contribution in [3.8, 4) is 5.75 Å². The molecule has 0 unspecified atom stereocenters. The van der Waals surface area contributed by atoms with Gasteiger partial charge >= 0.3 is 0 Å². The van der Waals surface area contributed by atoms with Gasteiger partial charge in [-0.15, -0.1) is 0 Å². The number of carbonyl (C=O) groups is 3. The summed E-state index contributed by atoms with van der Waals surface area (Å²) in [6.45, 7) is 2.56. The number of carbonyl (C=O) groups excluding carboxylic acids is 3. The molecule has 1 atom stereocenters. The standard InChI is InChI=1S/C19H20N4O4/c1-2-27-16-9-4-3-8-15(16)23-12-13(11-17(23)24)18(25)21-22-19(26)14-7-5-6-10-20-14/h3-10,13H,2,11-12H2,1H3,(H,21,25)(H,22,26)/t13-/m1/s1. The molecule has 2 N–H and O–H groups in total. The van der Waals surface area contributed by atoms with Crippen LogP contribution in [0.15, 0.2) is 48.7 Å². The van der Waals surface area contributed by atoms with E-state index >= 15 is 0 Å². The van der Waals surface area contributed by atoms with E-state index in [-0.39, 0.29) is 24.6 Å². The Morgan fingerprint density at radius 1 is 1.19 bits per heavy atom. The largest absolute Gasteiger partial charge is 0.492 e. The highest BCUT2D eigenvalue weighted by atomic mass is 16.5. The second kappa shape index (κ2) is 8.31. The van der Waals surface area contributed by atoms with Crippen molar-refractivity contribution in [2.45, 2.75) is 13.3 Å². The van der Waals surface area contributed by atoms with Crippen LogP contribution in [-0.4, -0.2) is 35.9 Å². The van der Waals surface area contributed by atoms with E-state index in [2.05, 4.69) is 15.8 Å². The van der Waals surface area contributed by atoms with Gasteiger partial charge in [-0.05, 0) is 31.2 Å². The zero-order chi connectivity index (χ0) is 19.2. The van der Waals surface area contributed by atoms with Gasteiger partial charge in [0.1, 0.15) is 11.4 Å². The number of nitrogens with one attached hydrogen (secondary N) is 2. The first kappa shape index (κ1) is 18.4. The Kier molecular flexibility index (Phi) is 5.65. The van der Waals surface area contributed by atoms with Crippen LogP contribution >= 0.6 is 0 Å². The fourth-order valence-electron chi connectivity index (χ4n) is 2.86. The van der Waals surface area contributed by atoms with Crippen LogP contribution in [0.3, 0.4) is 0 Å². The predicted octanol–water partition coefficient (Wildman–Crippen LogP) is 1.29. The lowest BCUT2D eigenvalue weighted by Gasteiger charge is -2.20. The van der Waals surface area contributed by atoms with Gasteiger partial charge in [0.25, 0.3) is 5.91 Å². The highest BCUT2D eigenvalue weighted by molar-refractivity contribution is 6.02. The zero-order valence-electron chi connectivity index (χ0n) is 14.8. The molecule has 0 bridgehead atoms. The van der Waals surface area contributed by atoms with E-state index < -0.39 is 17.7 Å². The van der Waals surface area contributed by atoms with Gasteiger partial charge in [-0.25, -0.2) is 0 Å². The number of amides is 3. The van der Waals surface area contributed by atoms with Gasteiger partial charge in [0.15, 0.2) is 0 Å². The minimum absolute atomic E-state index is 0.0613. The number of anilines is 1. The highest BCUT2D eigenvalue weighted by Crippen LogP contribution is 2.33. The summed E-state index contributed by atoms with van der Waals surface area (Å²) in [5.74, 6) is -1.09. The van der Waals surface area contributed by atoms with Gasteiger partial charge in [-0.1, -0.05) is 18.2 Å². The molecule has 2 aromatic rings. The molecule has 1 aromatic heterocycles. The van der Waals surface area contributed by atoms with E-state index in [1.807, 2.05) is 19.1 Å². The third-order valence-corrected chi connectivity index (χ3v) is 4.15. The molecule has 0 radical (unpaired) electrons. The molecule has 0 spiro atoms. The first-order valence-corrected chi connectivity index (χ1v) is 8.63. The average molecular weight is 368 g/mol. The van der Waals surface area contributed by atoms with Gasteiger partial charge < -0.3 is 9.64 Å². The fraction of sp³-hybridized carbons (Fsp3) is 0.263. The maximum atomic E-state index is 12.4. The summed E-state index contributed by atoms with van der Waals surface area (Å²) in [4.78, 5) is 42.1. The Balaban J connectivity index is 1.62. The van der Waals surface area contributed by atoms with Crippen molar-refractivity contribution in [1.29, 1.82) is 0 Å². The molecule has 1 aliphatic rings. The van der Waals surface area contributed by atoms with E-state index in [0.717, 1.165) is 0 Å². The quantitative estimate of drug-likeness (QED) is 0.775. The Morgan fingerprint density at radius 3 is 2.70 bits per heavy atom. The number of benzene rings is 1. The van der Waals surface area contributed by atoms with Crippen LogP contribution in [-0.2, 0) is 9.59 Å². The van der Waals surface area contributed by atoms with Crippen molar-refractivity contribution >= 4 is 23.4 Å². The van der Waals surface area contributed by atoms with Gasteiger partial charge in [0.05, 0.1) is 18.2 Å². The number of para-hydroxylation sites is 2. The molecule has 8 heteroatoms. The van der Waals surface area contributed by atoms with Gasteiger partial charge in [-0.3, -0.25) is 30.2 Å². The number of nitrogens with zero attached hydrogens (tertiary/aromatic N) is 2. The molecule has 0 aliphatic carbocycles. The lowest BCUT2D eigenvalue weighted by atomic mass is 10.1. The van der Waals surface area contributed by atoms with E-state index in [1.54, 1.807) is 24.3 Å². The molecule has 1 aliphatic heterocycles. The van der Waals surface area contributed by atoms with Crippen molar-refractivity contribution in [1.82, 2.24) is 15.8 Å². The van der Waals surface area contributed by atoms with Gasteiger partial charge in [0.2, 0.25) is 11.8 Å². The first-order valence-electron chi connectivity index (χ1n) is 8.63. The number of pyridine rings is 1. The summed E-state index contributed by atoms with van der Waals surface area (Å²) in [6.07, 6.45) is 1.55. The molecule has 8 nitrogen and oxygen atoms in total. The summed E-state index contributed by atoms with van der Waals surface area (Å²) < 4.78 is 5.56. The van der Waals surface area contributed by atoms with Crippen LogP contribution in [0.25, 0.3) is 0 Å². The fourth-order valence-corrected chi connectivity index (χ4v) is 2.86. The second-order valence-electron chi connectivity index (χ2n) is 5.96. The summed E-state index contributed by atoms with van der Waals surface area (Å²) in [7, 11) is 0. The maximum Gasteiger partial charge on any atom is 0.288 e. The van der Waals surface area contributed by atoms with Crippen molar-refractivity contribution in [2.75, 3.05) is 18.1 Å². The maximum absolute atomic E-state index is 12.4. The monoisotopic (exact) mass is 368 g/mol. The summed E-state index contributed by atoms with van der Waals surface area (Å²) in [5.41, 5.74) is 5.51. The minimum atomic E-state index is -0.573. The summed E-state index contributed by atoms with van der Waals surface area (Å²) in [5, 5.41) is 0. The van der Waals surface area contributed by atoms with Gasteiger partial charge in [0, 0.05) is 19.2 Å². The van der Waals surface area contributed by atoms with Crippen molar-refractivity contribution in [3.63, 3.8) is 0 Å². The number of aromatic nitrogens is 1. The molecule has 27 heavy (non-hydrogen) atoms. The number of hydrogen-bond donors (Lipinski definition) is 2. The normalized spacial score (nSPS) is 16.1. The van der Waals surface area contributed by atoms with Crippen molar-refractivity contribution < 1.29 is 19.1 Å². The van der Waals surface area contributed by atoms with Crippen LogP contribution in [0, 0.1) is 5.92 Å². The molecule has 140 valence electrons. The number of hydrogen-bond acceptors (Lipinski definition) is 5. The van der Waals surface area contributed by atoms with Crippen LogP contribution in [0.2, 0.25) is 0 Å². The molecule has 0 saturated carbocycles. The third kappa shape index (κ3) is 4.22. The zero-order valence-corrected chi connectivity index (χ0v) is 14.8. The Bertz CT molecular complexity index is 841. The molecule has 1 saturated heterocycles. The van der Waals surface area contributed by atoms with E-state index in [9.17, 15) is 14.4 Å². The van der Waals surface area contributed by atoms with Crippen LogP contribution in [0.5, 0.6) is 5.75 Å². The van der Waals surface area contributed by atoms with Crippen LogP contribution in [0.4, 0.5) is 5.69 Å². The SMILES string of the molecule is CCOc1ccccc1N1C[C@H](C(=O)NNC(=O)c2ccccn2)CC1=O. The summed E-state index contributed by atoms with van der Waals surface area (Å²) in [6, 6.07) is 12.1. The van der Waals surface area contributed by atoms with E-state index in [0.29, 0.717) is 18.0 Å². The smallest absolute Gasteiger partial charge is 0.288 e. The molecular formula is C19H20N4O4. The molecular weight excluding hydrogens is 348 g/mol.